The average molecular weight is 320 g/mol. The van der Waals surface area contributed by atoms with Crippen molar-refractivity contribution in [3.05, 3.63) is 65.8 Å². The van der Waals surface area contributed by atoms with Crippen LogP contribution in [0.5, 0.6) is 0 Å². The molecule has 0 radical (unpaired) electrons. The highest BCUT2D eigenvalue weighted by atomic mass is 79.9. The van der Waals surface area contributed by atoms with Gasteiger partial charge in [-0.3, -0.25) is 0 Å². The fraction of sp³-hybridized carbons (Fsp3) is 0.133. The predicted octanol–water partition coefficient (Wildman–Crippen LogP) is 4.65. The number of aromatic nitrogens is 1. The van der Waals surface area contributed by atoms with Crippen LogP contribution in [0.4, 0.5) is 4.39 Å². The predicted molar refractivity (Wildman–Crippen MR) is 75.8 cm³/mol. The lowest BCUT2D eigenvalue weighted by Gasteiger charge is -2.07. The number of hydrogen-bond donors (Lipinski definition) is 0. The molecule has 0 fully saturated rings. The van der Waals surface area contributed by atoms with Gasteiger partial charge in [-0.25, -0.2) is 9.37 Å². The molecular weight excluding hydrogens is 309 g/mol. The van der Waals surface area contributed by atoms with E-state index in [0.717, 1.165) is 16.7 Å². The van der Waals surface area contributed by atoms with E-state index in [2.05, 4.69) is 20.9 Å². The third kappa shape index (κ3) is 2.68. The van der Waals surface area contributed by atoms with Crippen LogP contribution in [-0.4, -0.2) is 4.98 Å². The Bertz CT molecular complexity index is 677. The highest BCUT2D eigenvalue weighted by Crippen LogP contribution is 2.28. The first kappa shape index (κ1) is 12.4. The normalized spacial score (nSPS) is 12.7. The molecular formula is C15H11BrFNO. The monoisotopic (exact) mass is 319 g/mol. The van der Waals surface area contributed by atoms with E-state index in [1.807, 2.05) is 30.3 Å². The Morgan fingerprint density at radius 2 is 2.00 bits per heavy atom. The molecule has 96 valence electrons. The molecule has 19 heavy (non-hydrogen) atoms. The molecule has 0 bridgehead atoms. The molecule has 1 atom stereocenters. The summed E-state index contributed by atoms with van der Waals surface area (Å²) < 4.78 is 18.8. The minimum absolute atomic E-state index is 0.0173. The second kappa shape index (κ2) is 5.13. The van der Waals surface area contributed by atoms with Gasteiger partial charge in [-0.05, 0) is 29.8 Å². The van der Waals surface area contributed by atoms with Crippen LogP contribution in [0.3, 0.4) is 0 Å². The van der Waals surface area contributed by atoms with Crippen LogP contribution >= 0.6 is 15.9 Å². The third-order valence-corrected chi connectivity index (χ3v) is 3.75. The van der Waals surface area contributed by atoms with E-state index in [1.165, 1.54) is 12.1 Å². The first-order chi connectivity index (χ1) is 9.22. The van der Waals surface area contributed by atoms with Gasteiger partial charge in [0.1, 0.15) is 11.3 Å². The largest absolute Gasteiger partial charge is 0.441 e. The van der Waals surface area contributed by atoms with E-state index in [4.69, 9.17) is 4.42 Å². The number of halogens is 2. The summed E-state index contributed by atoms with van der Waals surface area (Å²) in [4.78, 5) is 4.39. The van der Waals surface area contributed by atoms with Gasteiger partial charge in [-0.1, -0.05) is 40.2 Å². The zero-order valence-corrected chi connectivity index (χ0v) is 11.6. The molecule has 0 N–H and O–H groups in total. The summed E-state index contributed by atoms with van der Waals surface area (Å²) in [7, 11) is 0. The molecule has 2 aromatic carbocycles. The van der Waals surface area contributed by atoms with Crippen molar-refractivity contribution in [2.45, 2.75) is 11.2 Å². The van der Waals surface area contributed by atoms with Crippen molar-refractivity contribution < 1.29 is 8.81 Å². The van der Waals surface area contributed by atoms with Crippen molar-refractivity contribution in [2.75, 3.05) is 0 Å². The Labute approximate surface area is 118 Å². The van der Waals surface area contributed by atoms with Crippen molar-refractivity contribution >= 4 is 27.0 Å². The van der Waals surface area contributed by atoms with Crippen molar-refractivity contribution in [3.63, 3.8) is 0 Å². The van der Waals surface area contributed by atoms with Gasteiger partial charge in [0.15, 0.2) is 11.5 Å². The molecule has 1 aromatic heterocycles. The van der Waals surface area contributed by atoms with Crippen LogP contribution in [0.1, 0.15) is 16.3 Å². The first-order valence-electron chi connectivity index (χ1n) is 5.96. The van der Waals surface area contributed by atoms with Crippen LogP contribution in [0, 0.1) is 5.82 Å². The number of nitrogens with zero attached hydrogens (tertiary/aromatic N) is 1. The van der Waals surface area contributed by atoms with Crippen molar-refractivity contribution in [2.24, 2.45) is 0 Å². The fourth-order valence-corrected chi connectivity index (χ4v) is 2.54. The van der Waals surface area contributed by atoms with E-state index >= 15 is 0 Å². The summed E-state index contributed by atoms with van der Waals surface area (Å²) in [5.74, 6) is 0.409. The Morgan fingerprint density at radius 3 is 2.79 bits per heavy atom. The summed E-state index contributed by atoms with van der Waals surface area (Å²) in [6.07, 6.45) is 0.581. The molecule has 0 amide bonds. The van der Waals surface area contributed by atoms with Crippen molar-refractivity contribution in [1.82, 2.24) is 4.98 Å². The maximum Gasteiger partial charge on any atom is 0.196 e. The number of benzene rings is 2. The van der Waals surface area contributed by atoms with Crippen LogP contribution in [0.2, 0.25) is 0 Å². The second-order valence-electron chi connectivity index (χ2n) is 4.30. The van der Waals surface area contributed by atoms with E-state index in [0.29, 0.717) is 12.3 Å². The molecule has 0 saturated heterocycles. The maximum absolute atomic E-state index is 13.2. The van der Waals surface area contributed by atoms with Crippen LogP contribution in [0.25, 0.3) is 11.1 Å². The summed E-state index contributed by atoms with van der Waals surface area (Å²) in [6.45, 7) is 0. The van der Waals surface area contributed by atoms with Gasteiger partial charge in [0.05, 0.1) is 0 Å². The number of alkyl halides is 1. The molecule has 0 aliphatic carbocycles. The van der Waals surface area contributed by atoms with Crippen molar-refractivity contribution in [3.8, 4) is 0 Å². The Kier molecular flexibility index (Phi) is 3.34. The summed E-state index contributed by atoms with van der Waals surface area (Å²) in [5.41, 5.74) is 2.50. The SMILES string of the molecule is Fc1cccc(C(Br)Cc2nc3ccccc3o2)c1. The number of fused-ring (bicyclic) bond motifs is 1. The Hall–Kier alpha value is -1.68. The van der Waals surface area contributed by atoms with Gasteiger partial charge < -0.3 is 4.42 Å². The van der Waals surface area contributed by atoms with Gasteiger partial charge in [-0.2, -0.15) is 0 Å². The third-order valence-electron chi connectivity index (χ3n) is 2.90. The van der Waals surface area contributed by atoms with E-state index in [1.54, 1.807) is 6.07 Å². The van der Waals surface area contributed by atoms with Crippen molar-refractivity contribution in [1.29, 1.82) is 0 Å². The molecule has 1 unspecified atom stereocenters. The Balaban J connectivity index is 1.84. The molecule has 0 aliphatic rings. The molecule has 2 nitrogen and oxygen atoms in total. The zero-order chi connectivity index (χ0) is 13.2. The molecule has 0 aliphatic heterocycles. The lowest BCUT2D eigenvalue weighted by atomic mass is 10.1. The zero-order valence-electron chi connectivity index (χ0n) is 10.0. The van der Waals surface area contributed by atoms with E-state index < -0.39 is 0 Å². The van der Waals surface area contributed by atoms with Gasteiger partial charge in [-0.15, -0.1) is 0 Å². The molecule has 0 spiro atoms. The minimum atomic E-state index is -0.237. The van der Waals surface area contributed by atoms with Gasteiger partial charge >= 0.3 is 0 Å². The molecule has 3 rings (SSSR count). The molecule has 4 heteroatoms. The van der Waals surface area contributed by atoms with E-state index in [-0.39, 0.29) is 10.6 Å². The maximum atomic E-state index is 13.2. The average Bonchev–Trinajstić information content (AvgIpc) is 2.80. The summed E-state index contributed by atoms with van der Waals surface area (Å²) >= 11 is 3.55. The highest BCUT2D eigenvalue weighted by molar-refractivity contribution is 9.09. The second-order valence-corrected chi connectivity index (χ2v) is 5.41. The molecule has 0 saturated carbocycles. The fourth-order valence-electron chi connectivity index (χ4n) is 1.98. The number of oxazole rings is 1. The highest BCUT2D eigenvalue weighted by Gasteiger charge is 2.13. The minimum Gasteiger partial charge on any atom is -0.441 e. The first-order valence-corrected chi connectivity index (χ1v) is 6.88. The van der Waals surface area contributed by atoms with Crippen LogP contribution in [-0.2, 0) is 6.42 Å². The lowest BCUT2D eigenvalue weighted by molar-refractivity contribution is 0.527. The quantitative estimate of drug-likeness (QED) is 0.657. The van der Waals surface area contributed by atoms with E-state index in [9.17, 15) is 4.39 Å². The van der Waals surface area contributed by atoms with Gasteiger partial charge in [0.25, 0.3) is 0 Å². The number of para-hydroxylation sites is 2. The molecule has 3 aromatic rings. The number of hydrogen-bond acceptors (Lipinski definition) is 2. The summed E-state index contributed by atoms with van der Waals surface area (Å²) in [6, 6.07) is 14.2. The topological polar surface area (TPSA) is 26.0 Å². The standard InChI is InChI=1S/C15H11BrFNO/c16-12(10-4-3-5-11(17)8-10)9-15-18-13-6-1-2-7-14(13)19-15/h1-8,12H,9H2. The smallest absolute Gasteiger partial charge is 0.196 e. The van der Waals surface area contributed by atoms with Crippen LogP contribution < -0.4 is 0 Å². The lowest BCUT2D eigenvalue weighted by Crippen LogP contribution is -1.96. The van der Waals surface area contributed by atoms with Gasteiger partial charge in [0.2, 0.25) is 0 Å². The number of rotatable bonds is 3. The van der Waals surface area contributed by atoms with Crippen LogP contribution in [0.15, 0.2) is 52.9 Å². The Morgan fingerprint density at radius 1 is 1.16 bits per heavy atom. The van der Waals surface area contributed by atoms with Gasteiger partial charge in [0, 0.05) is 11.2 Å². The summed E-state index contributed by atoms with van der Waals surface area (Å²) in [5, 5.41) is 0. The molecule has 1 heterocycles.